The van der Waals surface area contributed by atoms with Crippen LogP contribution < -0.4 is 14.2 Å². The van der Waals surface area contributed by atoms with E-state index in [1.165, 1.54) is 37.5 Å². The van der Waals surface area contributed by atoms with Crippen LogP contribution in [0.1, 0.15) is 11.1 Å². The average molecular weight is 653 g/mol. The molecular weight excluding hydrogens is 635 g/mol. The lowest BCUT2D eigenvalue weighted by atomic mass is 10.1. The first-order valence-corrected chi connectivity index (χ1v) is 13.0. The van der Waals surface area contributed by atoms with Gasteiger partial charge in [0.2, 0.25) is 0 Å². The number of hydrogen-bond donors (Lipinski definition) is 1. The molecule has 0 aliphatic carbocycles. The van der Waals surface area contributed by atoms with Crippen molar-refractivity contribution in [3.05, 3.63) is 85.4 Å². The number of rotatable bonds is 7. The number of hydrogen-bond acceptors (Lipinski definition) is 6. The lowest BCUT2D eigenvalue weighted by molar-refractivity contribution is -0.112. The van der Waals surface area contributed by atoms with E-state index in [4.69, 9.17) is 8.92 Å². The third-order valence-corrected chi connectivity index (χ3v) is 7.08. The van der Waals surface area contributed by atoms with Gasteiger partial charge < -0.3 is 14.2 Å². The fraction of sp³-hybridized carbons (Fsp3) is 0.0833. The monoisotopic (exact) mass is 652 g/mol. The number of nitrogens with one attached hydrogen (secondary N) is 1. The van der Waals surface area contributed by atoms with Crippen molar-refractivity contribution in [2.24, 2.45) is 0 Å². The van der Waals surface area contributed by atoms with Crippen LogP contribution in [0.25, 0.3) is 6.08 Å². The Balaban J connectivity index is 1.90. The van der Waals surface area contributed by atoms with Crippen LogP contribution in [0.3, 0.4) is 0 Å². The third-order valence-electron chi connectivity index (χ3n) is 4.53. The molecule has 0 spiro atoms. The van der Waals surface area contributed by atoms with E-state index in [-0.39, 0.29) is 26.4 Å². The maximum atomic E-state index is 12.7. The Morgan fingerprint density at radius 3 is 2.35 bits per heavy atom. The van der Waals surface area contributed by atoms with Gasteiger partial charge in [0.25, 0.3) is 5.91 Å². The number of halogens is 2. The number of carbonyl (C=O) groups excluding carboxylic acids is 1. The van der Waals surface area contributed by atoms with Crippen LogP contribution in [0.2, 0.25) is 0 Å². The zero-order valence-corrected chi connectivity index (χ0v) is 22.6. The molecule has 0 bridgehead atoms. The number of nitrogens with zero attached hydrogens (tertiary/aromatic N) is 1. The highest BCUT2D eigenvalue weighted by Gasteiger charge is 2.22. The summed E-state index contributed by atoms with van der Waals surface area (Å²) in [7, 11) is -2.76. The smallest absolute Gasteiger partial charge is 0.339 e. The Bertz CT molecular complexity index is 1400. The number of amides is 1. The minimum Gasteiger partial charge on any atom is -0.493 e. The summed E-state index contributed by atoms with van der Waals surface area (Å²) < 4.78 is 37.4. The zero-order chi connectivity index (χ0) is 24.9. The first-order valence-electron chi connectivity index (χ1n) is 9.70. The van der Waals surface area contributed by atoms with Gasteiger partial charge in [-0.1, -0.05) is 17.7 Å². The SMILES string of the molecule is COc1cc(/C=C(/C#N)C(=O)Nc2ccc(I)cc2)cc(Br)c1OS(=O)(=O)c1ccc(C)cc1. The van der Waals surface area contributed by atoms with Gasteiger partial charge >= 0.3 is 10.1 Å². The van der Waals surface area contributed by atoms with Gasteiger partial charge in [0.1, 0.15) is 16.5 Å². The average Bonchev–Trinajstić information content (AvgIpc) is 2.80. The molecule has 0 aliphatic rings. The summed E-state index contributed by atoms with van der Waals surface area (Å²) in [6.07, 6.45) is 1.37. The van der Waals surface area contributed by atoms with E-state index >= 15 is 0 Å². The van der Waals surface area contributed by atoms with Crippen molar-refractivity contribution < 1.29 is 22.1 Å². The second-order valence-corrected chi connectivity index (χ2v) is 10.7. The van der Waals surface area contributed by atoms with Crippen LogP contribution in [-0.2, 0) is 14.9 Å². The van der Waals surface area contributed by atoms with E-state index in [9.17, 15) is 18.5 Å². The highest BCUT2D eigenvalue weighted by atomic mass is 127. The Morgan fingerprint density at radius 2 is 1.76 bits per heavy atom. The molecule has 0 radical (unpaired) electrons. The van der Waals surface area contributed by atoms with Gasteiger partial charge in [0, 0.05) is 9.26 Å². The molecule has 1 amide bonds. The first kappa shape index (κ1) is 25.7. The van der Waals surface area contributed by atoms with Gasteiger partial charge in [-0.15, -0.1) is 0 Å². The van der Waals surface area contributed by atoms with Crippen molar-refractivity contribution in [3.8, 4) is 17.6 Å². The van der Waals surface area contributed by atoms with Gasteiger partial charge in [0.15, 0.2) is 11.5 Å². The summed E-state index contributed by atoms with van der Waals surface area (Å²) in [5, 5.41) is 12.2. The maximum absolute atomic E-state index is 12.7. The molecule has 3 aromatic carbocycles. The second kappa shape index (κ2) is 11.0. The molecule has 174 valence electrons. The molecule has 0 fully saturated rings. The summed E-state index contributed by atoms with van der Waals surface area (Å²) in [6.45, 7) is 1.85. The number of aryl methyl sites for hydroxylation is 1. The number of methoxy groups -OCH3 is 1. The van der Waals surface area contributed by atoms with Crippen molar-refractivity contribution in [1.29, 1.82) is 5.26 Å². The van der Waals surface area contributed by atoms with Gasteiger partial charge in [-0.25, -0.2) is 0 Å². The fourth-order valence-electron chi connectivity index (χ4n) is 2.81. The topological polar surface area (TPSA) is 105 Å². The fourth-order valence-corrected chi connectivity index (χ4v) is 4.78. The molecule has 0 heterocycles. The minimum absolute atomic E-state index is 0.00457. The standard InChI is InChI=1S/C24H18BrIN2O5S/c1-15-3-9-20(10-4-15)34(30,31)33-23-21(25)12-16(13-22(23)32-2)11-17(14-27)24(29)28-19-7-5-18(26)6-8-19/h3-13H,1-2H3,(H,28,29)/b17-11-. The van der Waals surface area contributed by atoms with Crippen molar-refractivity contribution in [3.63, 3.8) is 0 Å². The molecule has 0 aromatic heterocycles. The van der Waals surface area contributed by atoms with Crippen molar-refractivity contribution in [2.75, 3.05) is 12.4 Å². The summed E-state index contributed by atoms with van der Waals surface area (Å²) in [6, 6.07) is 18.2. The van der Waals surface area contributed by atoms with Crippen LogP contribution in [0.4, 0.5) is 5.69 Å². The molecule has 0 unspecified atom stereocenters. The molecule has 0 saturated heterocycles. The van der Waals surface area contributed by atoms with E-state index in [0.29, 0.717) is 11.3 Å². The van der Waals surface area contributed by atoms with Gasteiger partial charge in [-0.3, -0.25) is 4.79 Å². The highest BCUT2D eigenvalue weighted by Crippen LogP contribution is 2.39. The number of anilines is 1. The zero-order valence-electron chi connectivity index (χ0n) is 18.0. The van der Waals surface area contributed by atoms with Gasteiger partial charge in [-0.05, 0) is 106 Å². The number of carbonyl (C=O) groups is 1. The largest absolute Gasteiger partial charge is 0.493 e. The van der Waals surface area contributed by atoms with E-state index in [0.717, 1.165) is 9.13 Å². The van der Waals surface area contributed by atoms with Crippen LogP contribution in [-0.4, -0.2) is 21.4 Å². The summed E-state index contributed by atoms with van der Waals surface area (Å²) in [5.74, 6) is -0.533. The van der Waals surface area contributed by atoms with Crippen LogP contribution in [0.15, 0.2) is 75.6 Å². The predicted octanol–water partition coefficient (Wildman–Crippen LogP) is 5.68. The lowest BCUT2D eigenvalue weighted by Gasteiger charge is -2.14. The summed E-state index contributed by atoms with van der Waals surface area (Å²) in [5.41, 5.74) is 1.75. The molecule has 10 heteroatoms. The molecule has 7 nitrogen and oxygen atoms in total. The van der Waals surface area contributed by atoms with E-state index in [1.54, 1.807) is 24.3 Å². The van der Waals surface area contributed by atoms with Gasteiger partial charge in [0.05, 0.1) is 11.6 Å². The highest BCUT2D eigenvalue weighted by molar-refractivity contribution is 14.1. The van der Waals surface area contributed by atoms with Crippen molar-refractivity contribution in [1.82, 2.24) is 0 Å². The second-order valence-electron chi connectivity index (χ2n) is 7.02. The molecule has 3 rings (SSSR count). The van der Waals surface area contributed by atoms with Gasteiger partial charge in [-0.2, -0.15) is 13.7 Å². The Labute approximate surface area is 219 Å². The van der Waals surface area contributed by atoms with Crippen LogP contribution in [0, 0.1) is 21.8 Å². The molecular formula is C24H18BrIN2O5S. The van der Waals surface area contributed by atoms with E-state index < -0.39 is 16.0 Å². The molecule has 0 atom stereocenters. The van der Waals surface area contributed by atoms with E-state index in [1.807, 2.05) is 25.1 Å². The number of nitriles is 1. The quantitative estimate of drug-likeness (QED) is 0.152. The predicted molar refractivity (Wildman–Crippen MR) is 141 cm³/mol. The summed E-state index contributed by atoms with van der Waals surface area (Å²) >= 11 is 5.45. The molecule has 0 aliphatic heterocycles. The Kier molecular flexibility index (Phi) is 8.35. The number of benzene rings is 3. The van der Waals surface area contributed by atoms with E-state index in [2.05, 4.69) is 43.8 Å². The third kappa shape index (κ3) is 6.37. The van der Waals surface area contributed by atoms with Crippen molar-refractivity contribution >= 4 is 66.3 Å². The Hall–Kier alpha value is -2.88. The summed E-state index contributed by atoms with van der Waals surface area (Å²) in [4.78, 5) is 12.6. The van der Waals surface area contributed by atoms with Crippen LogP contribution in [0.5, 0.6) is 11.5 Å². The molecule has 34 heavy (non-hydrogen) atoms. The minimum atomic E-state index is -4.12. The number of ether oxygens (including phenoxy) is 1. The molecule has 1 N–H and O–H groups in total. The van der Waals surface area contributed by atoms with Crippen LogP contribution >= 0.6 is 38.5 Å². The normalized spacial score (nSPS) is 11.4. The maximum Gasteiger partial charge on any atom is 0.339 e. The Morgan fingerprint density at radius 1 is 1.12 bits per heavy atom. The molecule has 0 saturated carbocycles. The molecule has 3 aromatic rings. The first-order chi connectivity index (χ1) is 16.1. The van der Waals surface area contributed by atoms with Crippen molar-refractivity contribution in [2.45, 2.75) is 11.8 Å². The lowest BCUT2D eigenvalue weighted by Crippen LogP contribution is -2.13.